The Labute approximate surface area is 190 Å². The molecule has 3 atom stereocenters. The van der Waals surface area contributed by atoms with E-state index in [0.717, 1.165) is 24.5 Å². The van der Waals surface area contributed by atoms with E-state index in [1.807, 2.05) is 0 Å². The number of hydrogen-bond donors (Lipinski definition) is 3. The Morgan fingerprint density at radius 2 is 1.77 bits per heavy atom. The Bertz CT molecular complexity index is 758. The number of carbonyl (C=O) groups excluding carboxylic acids is 3. The van der Waals surface area contributed by atoms with Crippen molar-refractivity contribution >= 4 is 17.5 Å². The normalized spacial score (nSPS) is 22.9. The molecule has 1 aromatic carbocycles. The monoisotopic (exact) mass is 601 g/mol. The molecule has 3 rings (SSSR count). The summed E-state index contributed by atoms with van der Waals surface area (Å²) in [5.74, 6) is -2.84. The maximum absolute atomic E-state index is 12.0. The predicted octanol–water partition coefficient (Wildman–Crippen LogP) is 0.928. The summed E-state index contributed by atoms with van der Waals surface area (Å²) in [6.07, 6.45) is 6.36. The predicted molar refractivity (Wildman–Crippen MR) is 108 cm³/mol. The molecule has 0 amide bonds. The van der Waals surface area contributed by atoms with Crippen molar-refractivity contribution in [1.29, 1.82) is 0 Å². The van der Waals surface area contributed by atoms with Gasteiger partial charge < -0.3 is 26.8 Å². The van der Waals surface area contributed by atoms with Crippen LogP contribution in [0.25, 0.3) is 0 Å². The summed E-state index contributed by atoms with van der Waals surface area (Å²) in [7, 11) is 0. The maximum atomic E-state index is 12.0. The van der Waals surface area contributed by atoms with Gasteiger partial charge in [-0.1, -0.05) is 25.0 Å². The second-order valence-corrected chi connectivity index (χ2v) is 7.26. The second-order valence-electron chi connectivity index (χ2n) is 7.26. The van der Waals surface area contributed by atoms with Crippen molar-refractivity contribution in [2.24, 2.45) is 17.4 Å². The van der Waals surface area contributed by atoms with Crippen molar-refractivity contribution in [3.8, 4) is 5.75 Å². The van der Waals surface area contributed by atoms with E-state index in [9.17, 15) is 19.5 Å². The van der Waals surface area contributed by atoms with Gasteiger partial charge in [0.25, 0.3) is 0 Å². The van der Waals surface area contributed by atoms with Gasteiger partial charge in [-0.05, 0) is 43.9 Å². The fraction of sp³-hybridized carbons (Fsp3) is 0.476. The van der Waals surface area contributed by atoms with Crippen LogP contribution in [0, 0.1) is 5.92 Å². The average Bonchev–Trinajstić information content (AvgIpc) is 2.62. The van der Waals surface area contributed by atoms with Gasteiger partial charge in [-0.3, -0.25) is 14.4 Å². The van der Waals surface area contributed by atoms with Crippen LogP contribution in [-0.4, -0.2) is 40.2 Å². The molecule has 9 heteroatoms. The third kappa shape index (κ3) is 8.48. The summed E-state index contributed by atoms with van der Waals surface area (Å²) >= 11 is 0. The molecule has 30 heavy (non-hydrogen) atoms. The minimum atomic E-state index is -1.35. The molecule has 0 spiro atoms. The van der Waals surface area contributed by atoms with Crippen molar-refractivity contribution < 1.29 is 50.8 Å². The van der Waals surface area contributed by atoms with Gasteiger partial charge in [-0.15, -0.1) is 0 Å². The van der Waals surface area contributed by atoms with Crippen LogP contribution in [0.15, 0.2) is 36.1 Å². The molecule has 1 aliphatic heterocycles. The SMILES string of the molecule is CC1=CC(=O)C(C(=O)CCc2cccc(O)c2)C(=O)O1.N[C@@H]1CCCC[C@H]1N.O.[Pt]. The van der Waals surface area contributed by atoms with Crippen LogP contribution in [0.5, 0.6) is 5.75 Å². The Hall–Kier alpha value is -1.86. The molecule has 1 saturated carbocycles. The number of ether oxygens (including phenoxy) is 1. The number of esters is 1. The Kier molecular flexibility index (Phi) is 12.6. The molecule has 0 radical (unpaired) electrons. The first-order valence-electron chi connectivity index (χ1n) is 9.53. The van der Waals surface area contributed by atoms with Crippen LogP contribution >= 0.6 is 0 Å². The Morgan fingerprint density at radius 1 is 1.17 bits per heavy atom. The second kappa shape index (κ2) is 13.4. The van der Waals surface area contributed by atoms with Crippen LogP contribution in [-0.2, 0) is 46.6 Å². The number of Topliss-reactive ketones (excluding diaryl/α,β-unsaturated/α-hetero) is 1. The van der Waals surface area contributed by atoms with Crippen LogP contribution in [0.2, 0.25) is 0 Å². The Balaban J connectivity index is 0.000000714. The number of hydrogen-bond acceptors (Lipinski definition) is 7. The van der Waals surface area contributed by atoms with E-state index in [1.54, 1.807) is 18.2 Å². The first kappa shape index (κ1) is 28.1. The number of aromatic hydroxyl groups is 1. The number of aryl methyl sites for hydroxylation is 1. The smallest absolute Gasteiger partial charge is 0.329 e. The first-order chi connectivity index (χ1) is 13.3. The van der Waals surface area contributed by atoms with E-state index >= 15 is 0 Å². The summed E-state index contributed by atoms with van der Waals surface area (Å²) < 4.78 is 4.80. The molecule has 7 N–H and O–H groups in total. The number of rotatable bonds is 4. The quantitative estimate of drug-likeness (QED) is 0.341. The van der Waals surface area contributed by atoms with Gasteiger partial charge in [0.1, 0.15) is 11.5 Å². The third-order valence-corrected chi connectivity index (χ3v) is 4.89. The summed E-state index contributed by atoms with van der Waals surface area (Å²) in [4.78, 5) is 35.2. The average molecular weight is 602 g/mol. The maximum Gasteiger partial charge on any atom is 0.329 e. The molecular weight excluding hydrogens is 571 g/mol. The van der Waals surface area contributed by atoms with Gasteiger partial charge in [-0.2, -0.15) is 0 Å². The molecule has 0 aromatic heterocycles. The van der Waals surface area contributed by atoms with E-state index in [2.05, 4.69) is 0 Å². The topological polar surface area (TPSA) is 164 Å². The zero-order valence-corrected chi connectivity index (χ0v) is 19.2. The fourth-order valence-electron chi connectivity index (χ4n) is 3.25. The summed E-state index contributed by atoms with van der Waals surface area (Å²) in [5, 5.41) is 9.32. The van der Waals surface area contributed by atoms with Crippen molar-refractivity contribution in [1.82, 2.24) is 0 Å². The zero-order valence-electron chi connectivity index (χ0n) is 16.9. The van der Waals surface area contributed by atoms with Crippen molar-refractivity contribution in [3.05, 3.63) is 41.7 Å². The largest absolute Gasteiger partial charge is 0.508 e. The van der Waals surface area contributed by atoms with Gasteiger partial charge >= 0.3 is 5.97 Å². The van der Waals surface area contributed by atoms with Gasteiger partial charge in [0.15, 0.2) is 17.5 Å². The summed E-state index contributed by atoms with van der Waals surface area (Å²) in [5.41, 5.74) is 12.1. The van der Waals surface area contributed by atoms with Gasteiger partial charge in [0, 0.05) is 45.6 Å². The van der Waals surface area contributed by atoms with Crippen molar-refractivity contribution in [3.63, 3.8) is 0 Å². The summed E-state index contributed by atoms with van der Waals surface area (Å²) in [6.45, 7) is 1.49. The van der Waals surface area contributed by atoms with E-state index < -0.39 is 23.5 Å². The number of allylic oxidation sites excluding steroid dienone is 2. The minimum Gasteiger partial charge on any atom is -0.508 e. The molecule has 0 bridgehead atoms. The number of carbonyl (C=O) groups is 3. The molecular formula is C21H30N2O6Pt. The molecule has 170 valence electrons. The number of nitrogens with two attached hydrogens (primary N) is 2. The number of cyclic esters (lactones) is 1. The van der Waals surface area contributed by atoms with Crippen LogP contribution in [0.4, 0.5) is 0 Å². The van der Waals surface area contributed by atoms with Crippen LogP contribution in [0.3, 0.4) is 0 Å². The first-order valence-corrected chi connectivity index (χ1v) is 9.53. The molecule has 1 heterocycles. The molecule has 8 nitrogen and oxygen atoms in total. The molecule has 1 aliphatic carbocycles. The van der Waals surface area contributed by atoms with E-state index in [-0.39, 0.29) is 56.6 Å². The molecule has 2 aliphatic rings. The minimum absolute atomic E-state index is 0. The Morgan fingerprint density at radius 3 is 2.27 bits per heavy atom. The molecule has 1 unspecified atom stereocenters. The van der Waals surface area contributed by atoms with Gasteiger partial charge in [0.05, 0.1) is 0 Å². The molecule has 1 fully saturated rings. The van der Waals surface area contributed by atoms with Gasteiger partial charge in [0.2, 0.25) is 0 Å². The zero-order chi connectivity index (χ0) is 20.7. The van der Waals surface area contributed by atoms with Crippen molar-refractivity contribution in [2.45, 2.75) is 57.5 Å². The van der Waals surface area contributed by atoms with Crippen LogP contribution in [0.1, 0.15) is 44.6 Å². The number of phenols is 1. The number of benzene rings is 1. The molecule has 0 saturated heterocycles. The standard InChI is InChI=1S/C15H14O5.C6H14N2.H2O.Pt/c1-9-7-13(18)14(15(19)20-9)12(17)6-5-10-3-2-4-11(16)8-10;7-5-3-1-2-4-6(5)8;;/h2-4,7-8,14,16H,5-6H2,1H3;5-6H,1-4,7-8H2;1H2;/t;5-,6-;;/m.1../s1. The third-order valence-electron chi connectivity index (χ3n) is 4.89. The van der Waals surface area contributed by atoms with Crippen molar-refractivity contribution in [2.75, 3.05) is 0 Å². The van der Waals surface area contributed by atoms with E-state index in [0.29, 0.717) is 6.42 Å². The fourth-order valence-corrected chi connectivity index (χ4v) is 3.25. The summed E-state index contributed by atoms with van der Waals surface area (Å²) in [6, 6.07) is 7.06. The van der Waals surface area contributed by atoms with Gasteiger partial charge in [-0.25, -0.2) is 0 Å². The van der Waals surface area contributed by atoms with Crippen LogP contribution < -0.4 is 11.5 Å². The number of phenolic OH excluding ortho intramolecular Hbond substituents is 1. The van der Waals surface area contributed by atoms with E-state index in [4.69, 9.17) is 16.2 Å². The molecule has 1 aromatic rings. The number of ketones is 2. The van der Waals surface area contributed by atoms with E-state index in [1.165, 1.54) is 25.8 Å².